The number of carbonyl (C=O) groups excluding carboxylic acids is 1. The van der Waals surface area contributed by atoms with Crippen LogP contribution < -0.4 is 16.0 Å². The first kappa shape index (κ1) is 22.5. The van der Waals surface area contributed by atoms with Crippen LogP contribution in [0.2, 0.25) is 5.15 Å². The number of anilines is 1. The Balaban J connectivity index is 1.74. The number of nitrogens with zero attached hydrogens (tertiary/aromatic N) is 2. The Morgan fingerprint density at radius 2 is 1.79 bits per heavy atom. The molecule has 7 nitrogen and oxygen atoms in total. The minimum Gasteiger partial charge on any atom is -0.444 e. The summed E-state index contributed by atoms with van der Waals surface area (Å²) in [4.78, 5) is 20.1. The maximum absolute atomic E-state index is 11.8. The van der Waals surface area contributed by atoms with Crippen LogP contribution in [-0.4, -0.2) is 36.2 Å². The minimum atomic E-state index is -0.521. The zero-order valence-electron chi connectivity index (χ0n) is 17.3. The Morgan fingerprint density at radius 3 is 2.38 bits per heavy atom. The summed E-state index contributed by atoms with van der Waals surface area (Å²) in [5, 5.41) is 9.71. The van der Waals surface area contributed by atoms with E-state index in [4.69, 9.17) is 16.3 Å². The molecule has 0 unspecified atom stereocenters. The quantitative estimate of drug-likeness (QED) is 0.376. The molecule has 3 N–H and O–H groups in total. The summed E-state index contributed by atoms with van der Waals surface area (Å²) in [5.41, 5.74) is 2.34. The number of guanidine groups is 1. The summed E-state index contributed by atoms with van der Waals surface area (Å²) in [5.74, 6) is 0.711. The van der Waals surface area contributed by atoms with E-state index in [2.05, 4.69) is 25.9 Å². The van der Waals surface area contributed by atoms with E-state index in [1.54, 1.807) is 19.3 Å². The molecule has 2 rings (SSSR count). The minimum absolute atomic E-state index is 0.460. The molecule has 0 spiro atoms. The predicted octanol–water partition coefficient (Wildman–Crippen LogP) is 3.99. The summed E-state index contributed by atoms with van der Waals surface area (Å²) in [6, 6.07) is 11.4. The molecule has 2 aromatic rings. The average molecular weight is 418 g/mol. The lowest BCUT2D eigenvalue weighted by molar-refractivity contribution is 0.0636. The monoisotopic (exact) mass is 417 g/mol. The summed E-state index contributed by atoms with van der Waals surface area (Å²) in [6.07, 6.45) is 2.09. The van der Waals surface area contributed by atoms with E-state index in [1.807, 2.05) is 51.1 Å². The highest BCUT2D eigenvalue weighted by Gasteiger charge is 2.16. The molecule has 156 valence electrons. The van der Waals surface area contributed by atoms with Crippen LogP contribution in [0, 0.1) is 0 Å². The standard InChI is InChI=1S/C21H28ClN5O2/c1-21(2,3)29-20(28)27-17-8-5-15(6-9-17)11-12-24-19(23-4)26-14-16-7-10-18(22)25-13-16/h5-10,13H,11-12,14H2,1-4H3,(H,27,28)(H2,23,24,26). The smallest absolute Gasteiger partial charge is 0.412 e. The molecule has 1 aromatic carbocycles. The lowest BCUT2D eigenvalue weighted by atomic mass is 10.1. The molecule has 29 heavy (non-hydrogen) atoms. The van der Waals surface area contributed by atoms with Crippen LogP contribution in [0.3, 0.4) is 0 Å². The van der Waals surface area contributed by atoms with Crippen molar-refractivity contribution in [1.29, 1.82) is 0 Å². The number of benzene rings is 1. The number of amides is 1. The van der Waals surface area contributed by atoms with Crippen LogP contribution in [0.25, 0.3) is 0 Å². The van der Waals surface area contributed by atoms with E-state index < -0.39 is 11.7 Å². The summed E-state index contributed by atoms with van der Waals surface area (Å²) in [6.45, 7) is 6.82. The maximum Gasteiger partial charge on any atom is 0.412 e. The van der Waals surface area contributed by atoms with Crippen molar-refractivity contribution >= 4 is 29.3 Å². The Labute approximate surface area is 176 Å². The molecule has 1 heterocycles. The van der Waals surface area contributed by atoms with Gasteiger partial charge < -0.3 is 15.4 Å². The molecule has 1 aromatic heterocycles. The first-order chi connectivity index (χ1) is 13.7. The SMILES string of the molecule is CN=C(NCCc1ccc(NC(=O)OC(C)(C)C)cc1)NCc1ccc(Cl)nc1. The number of halogens is 1. The fourth-order valence-electron chi connectivity index (χ4n) is 2.42. The van der Waals surface area contributed by atoms with Crippen LogP contribution >= 0.6 is 11.6 Å². The number of aliphatic imine (C=N–C) groups is 1. The molecule has 0 saturated heterocycles. The molecular formula is C21H28ClN5O2. The molecule has 0 aliphatic heterocycles. The highest BCUT2D eigenvalue weighted by molar-refractivity contribution is 6.29. The molecule has 0 bridgehead atoms. The van der Waals surface area contributed by atoms with Gasteiger partial charge in [0, 0.05) is 32.0 Å². The number of ether oxygens (including phenoxy) is 1. The van der Waals surface area contributed by atoms with Gasteiger partial charge in [-0.15, -0.1) is 0 Å². The van der Waals surface area contributed by atoms with Gasteiger partial charge in [0.25, 0.3) is 0 Å². The summed E-state index contributed by atoms with van der Waals surface area (Å²) >= 11 is 5.79. The largest absolute Gasteiger partial charge is 0.444 e. The number of hydrogen-bond acceptors (Lipinski definition) is 4. The number of aromatic nitrogens is 1. The third-order valence-electron chi connectivity index (χ3n) is 3.78. The molecule has 8 heteroatoms. The van der Waals surface area contributed by atoms with Gasteiger partial charge >= 0.3 is 6.09 Å². The van der Waals surface area contributed by atoms with Crippen molar-refractivity contribution < 1.29 is 9.53 Å². The molecule has 0 aliphatic rings. The second-order valence-electron chi connectivity index (χ2n) is 7.42. The third kappa shape index (κ3) is 8.83. The van der Waals surface area contributed by atoms with Gasteiger partial charge in [0.05, 0.1) is 0 Å². The molecule has 0 aliphatic carbocycles. The zero-order chi connectivity index (χ0) is 21.3. The Morgan fingerprint density at radius 1 is 1.10 bits per heavy atom. The van der Waals surface area contributed by atoms with Crippen molar-refractivity contribution in [2.45, 2.75) is 39.3 Å². The number of rotatable bonds is 6. The summed E-state index contributed by atoms with van der Waals surface area (Å²) in [7, 11) is 1.73. The summed E-state index contributed by atoms with van der Waals surface area (Å²) < 4.78 is 5.25. The normalized spacial score (nSPS) is 11.7. The van der Waals surface area contributed by atoms with E-state index >= 15 is 0 Å². The highest BCUT2D eigenvalue weighted by atomic mass is 35.5. The van der Waals surface area contributed by atoms with Crippen molar-refractivity contribution in [2.75, 3.05) is 18.9 Å². The Hall–Kier alpha value is -2.80. The number of hydrogen-bond donors (Lipinski definition) is 3. The van der Waals surface area contributed by atoms with Crippen LogP contribution in [0.1, 0.15) is 31.9 Å². The molecule has 1 amide bonds. The van der Waals surface area contributed by atoms with Crippen LogP contribution in [0.5, 0.6) is 0 Å². The second kappa shape index (κ2) is 10.7. The van der Waals surface area contributed by atoms with E-state index in [1.165, 1.54) is 0 Å². The van der Waals surface area contributed by atoms with Crippen molar-refractivity contribution in [3.05, 3.63) is 58.9 Å². The van der Waals surface area contributed by atoms with E-state index in [0.29, 0.717) is 23.3 Å². The number of carbonyl (C=O) groups is 1. The van der Waals surface area contributed by atoms with Crippen molar-refractivity contribution in [2.24, 2.45) is 4.99 Å². The molecule has 0 atom stereocenters. The van der Waals surface area contributed by atoms with Gasteiger partial charge in [-0.05, 0) is 56.5 Å². The van der Waals surface area contributed by atoms with Gasteiger partial charge in [0.2, 0.25) is 0 Å². The lowest BCUT2D eigenvalue weighted by Gasteiger charge is -2.19. The number of pyridine rings is 1. The van der Waals surface area contributed by atoms with Gasteiger partial charge in [-0.25, -0.2) is 9.78 Å². The zero-order valence-corrected chi connectivity index (χ0v) is 18.0. The molecule has 0 saturated carbocycles. The Bertz CT molecular complexity index is 814. The first-order valence-corrected chi connectivity index (χ1v) is 9.77. The fourth-order valence-corrected chi connectivity index (χ4v) is 2.53. The number of nitrogens with one attached hydrogen (secondary N) is 3. The van der Waals surface area contributed by atoms with Crippen molar-refractivity contribution in [3.8, 4) is 0 Å². The third-order valence-corrected chi connectivity index (χ3v) is 4.00. The van der Waals surface area contributed by atoms with Gasteiger partial charge in [0.1, 0.15) is 10.8 Å². The van der Waals surface area contributed by atoms with Crippen molar-refractivity contribution in [1.82, 2.24) is 15.6 Å². The second-order valence-corrected chi connectivity index (χ2v) is 7.80. The Kier molecular flexibility index (Phi) is 8.27. The highest BCUT2D eigenvalue weighted by Crippen LogP contribution is 2.13. The molecule has 0 fully saturated rings. The topological polar surface area (TPSA) is 87.6 Å². The van der Waals surface area contributed by atoms with Crippen LogP contribution in [0.15, 0.2) is 47.6 Å². The van der Waals surface area contributed by atoms with Crippen LogP contribution in [-0.2, 0) is 17.7 Å². The van der Waals surface area contributed by atoms with Crippen molar-refractivity contribution in [3.63, 3.8) is 0 Å². The van der Waals surface area contributed by atoms with E-state index in [-0.39, 0.29) is 0 Å². The lowest BCUT2D eigenvalue weighted by Crippen LogP contribution is -2.37. The van der Waals surface area contributed by atoms with Gasteiger partial charge in [-0.3, -0.25) is 10.3 Å². The van der Waals surface area contributed by atoms with E-state index in [0.717, 1.165) is 24.1 Å². The van der Waals surface area contributed by atoms with Crippen LogP contribution in [0.4, 0.5) is 10.5 Å². The predicted molar refractivity (Wildman–Crippen MR) is 117 cm³/mol. The molecular weight excluding hydrogens is 390 g/mol. The van der Waals surface area contributed by atoms with Gasteiger partial charge in [-0.2, -0.15) is 0 Å². The average Bonchev–Trinajstić information content (AvgIpc) is 2.65. The fraction of sp³-hybridized carbons (Fsp3) is 0.381. The van der Waals surface area contributed by atoms with Gasteiger partial charge in [-0.1, -0.05) is 29.8 Å². The maximum atomic E-state index is 11.8. The molecule has 0 radical (unpaired) electrons. The van der Waals surface area contributed by atoms with Gasteiger partial charge in [0.15, 0.2) is 5.96 Å². The van der Waals surface area contributed by atoms with E-state index in [9.17, 15) is 4.79 Å². The first-order valence-electron chi connectivity index (χ1n) is 9.39.